The van der Waals surface area contributed by atoms with Crippen molar-refractivity contribution in [2.24, 2.45) is 5.73 Å². The molecule has 1 nitrogen and oxygen atoms in total. The predicted octanol–water partition coefficient (Wildman–Crippen LogP) is 4.56. The van der Waals surface area contributed by atoms with E-state index < -0.39 is 0 Å². The van der Waals surface area contributed by atoms with Gasteiger partial charge in [-0.25, -0.2) is 0 Å². The Labute approximate surface area is 116 Å². The van der Waals surface area contributed by atoms with Gasteiger partial charge in [0.15, 0.2) is 0 Å². The minimum Gasteiger partial charge on any atom is -0.327 e. The van der Waals surface area contributed by atoms with Crippen molar-refractivity contribution in [1.29, 1.82) is 0 Å². The molecule has 100 valence electrons. The molecule has 1 aliphatic rings. The third-order valence-electron chi connectivity index (χ3n) is 3.89. The zero-order valence-electron chi connectivity index (χ0n) is 11.4. The molecule has 0 aromatic heterocycles. The van der Waals surface area contributed by atoms with E-state index in [4.69, 9.17) is 5.73 Å². The summed E-state index contributed by atoms with van der Waals surface area (Å²) < 4.78 is 0. The quantitative estimate of drug-likeness (QED) is 0.730. The second-order valence-corrected chi connectivity index (χ2v) is 6.38. The van der Waals surface area contributed by atoms with Gasteiger partial charge in [0.1, 0.15) is 0 Å². The van der Waals surface area contributed by atoms with Crippen molar-refractivity contribution in [3.63, 3.8) is 0 Å². The van der Waals surface area contributed by atoms with Crippen LogP contribution in [0.3, 0.4) is 0 Å². The van der Waals surface area contributed by atoms with Gasteiger partial charge in [-0.2, -0.15) is 0 Å². The first-order chi connectivity index (χ1) is 8.83. The van der Waals surface area contributed by atoms with Crippen LogP contribution in [0.4, 0.5) is 0 Å². The van der Waals surface area contributed by atoms with Crippen molar-refractivity contribution >= 4 is 11.8 Å². The van der Waals surface area contributed by atoms with Crippen LogP contribution in [-0.2, 0) is 0 Å². The van der Waals surface area contributed by atoms with Crippen LogP contribution < -0.4 is 5.73 Å². The molecule has 2 rings (SSSR count). The van der Waals surface area contributed by atoms with Gasteiger partial charge in [0.25, 0.3) is 0 Å². The van der Waals surface area contributed by atoms with Crippen molar-refractivity contribution in [1.82, 2.24) is 0 Å². The molecule has 1 aliphatic heterocycles. The SMILES string of the molecule is CCCCCCCC(N)C1CSc2ccccc21. The average molecular weight is 263 g/mol. The molecule has 2 atom stereocenters. The fourth-order valence-corrected chi connectivity index (χ4v) is 4.07. The molecule has 1 heterocycles. The fourth-order valence-electron chi connectivity index (χ4n) is 2.73. The van der Waals surface area contributed by atoms with Crippen LogP contribution in [-0.4, -0.2) is 11.8 Å². The van der Waals surface area contributed by atoms with E-state index in [0.717, 1.165) is 0 Å². The first-order valence-corrected chi connectivity index (χ1v) is 8.28. The summed E-state index contributed by atoms with van der Waals surface area (Å²) in [6, 6.07) is 9.11. The van der Waals surface area contributed by atoms with Crippen LogP contribution in [0.1, 0.15) is 56.9 Å². The van der Waals surface area contributed by atoms with E-state index in [9.17, 15) is 0 Å². The first kappa shape index (κ1) is 14.0. The standard InChI is InChI=1S/C16H25NS/c1-2-3-4-5-6-10-15(17)14-12-18-16-11-8-7-9-13(14)16/h7-9,11,14-15H,2-6,10,12,17H2,1H3. The fraction of sp³-hybridized carbons (Fsp3) is 0.625. The Morgan fingerprint density at radius 3 is 2.83 bits per heavy atom. The number of thioether (sulfide) groups is 1. The van der Waals surface area contributed by atoms with Gasteiger partial charge < -0.3 is 5.73 Å². The summed E-state index contributed by atoms with van der Waals surface area (Å²) in [5.41, 5.74) is 7.88. The minimum atomic E-state index is 0.350. The number of fused-ring (bicyclic) bond motifs is 1. The summed E-state index contributed by atoms with van der Waals surface area (Å²) in [6.07, 6.45) is 7.89. The van der Waals surface area contributed by atoms with Crippen LogP contribution in [0.5, 0.6) is 0 Å². The number of benzene rings is 1. The minimum absolute atomic E-state index is 0.350. The van der Waals surface area contributed by atoms with Crippen molar-refractivity contribution < 1.29 is 0 Å². The van der Waals surface area contributed by atoms with Gasteiger partial charge in [-0.1, -0.05) is 57.2 Å². The second kappa shape index (κ2) is 7.20. The molecular formula is C16H25NS. The van der Waals surface area contributed by atoms with Crippen molar-refractivity contribution in [2.75, 3.05) is 5.75 Å². The normalized spacial score (nSPS) is 19.8. The Balaban J connectivity index is 1.78. The lowest BCUT2D eigenvalue weighted by atomic mass is 9.90. The third kappa shape index (κ3) is 3.52. The summed E-state index contributed by atoms with van der Waals surface area (Å²) in [7, 11) is 0. The number of nitrogens with two attached hydrogens (primary N) is 1. The molecule has 0 aliphatic carbocycles. The summed E-state index contributed by atoms with van der Waals surface area (Å²) >= 11 is 1.97. The summed E-state index contributed by atoms with van der Waals surface area (Å²) in [6.45, 7) is 2.26. The molecule has 2 N–H and O–H groups in total. The molecular weight excluding hydrogens is 238 g/mol. The highest BCUT2D eigenvalue weighted by Crippen LogP contribution is 2.41. The van der Waals surface area contributed by atoms with Gasteiger partial charge in [-0.3, -0.25) is 0 Å². The van der Waals surface area contributed by atoms with E-state index in [-0.39, 0.29) is 0 Å². The smallest absolute Gasteiger partial charge is 0.0116 e. The van der Waals surface area contributed by atoms with Crippen LogP contribution >= 0.6 is 11.8 Å². The summed E-state index contributed by atoms with van der Waals surface area (Å²) in [5.74, 6) is 1.76. The molecule has 1 aromatic rings. The molecule has 2 heteroatoms. The predicted molar refractivity (Wildman–Crippen MR) is 81.3 cm³/mol. The van der Waals surface area contributed by atoms with E-state index in [1.165, 1.54) is 54.7 Å². The van der Waals surface area contributed by atoms with Crippen LogP contribution in [0.15, 0.2) is 29.2 Å². The van der Waals surface area contributed by atoms with Crippen LogP contribution in [0.25, 0.3) is 0 Å². The molecule has 2 unspecified atom stereocenters. The second-order valence-electron chi connectivity index (χ2n) is 5.32. The average Bonchev–Trinajstić information content (AvgIpc) is 2.82. The van der Waals surface area contributed by atoms with E-state index in [1.54, 1.807) is 0 Å². The van der Waals surface area contributed by atoms with Gasteiger partial charge in [0.2, 0.25) is 0 Å². The number of unbranched alkanes of at least 4 members (excludes halogenated alkanes) is 4. The van der Waals surface area contributed by atoms with E-state index in [2.05, 4.69) is 31.2 Å². The molecule has 0 amide bonds. The Morgan fingerprint density at radius 1 is 1.22 bits per heavy atom. The largest absolute Gasteiger partial charge is 0.327 e. The molecule has 0 spiro atoms. The van der Waals surface area contributed by atoms with Gasteiger partial charge >= 0.3 is 0 Å². The zero-order chi connectivity index (χ0) is 12.8. The molecule has 0 fully saturated rings. The molecule has 0 radical (unpaired) electrons. The molecule has 0 bridgehead atoms. The van der Waals surface area contributed by atoms with Gasteiger partial charge in [0, 0.05) is 22.6 Å². The molecule has 0 saturated heterocycles. The maximum atomic E-state index is 6.40. The van der Waals surface area contributed by atoms with Gasteiger partial charge in [0.05, 0.1) is 0 Å². The number of hydrogen-bond acceptors (Lipinski definition) is 2. The van der Waals surface area contributed by atoms with E-state index in [0.29, 0.717) is 12.0 Å². The Kier molecular flexibility index (Phi) is 5.58. The Hall–Kier alpha value is -0.470. The number of hydrogen-bond donors (Lipinski definition) is 1. The van der Waals surface area contributed by atoms with Gasteiger partial charge in [-0.15, -0.1) is 11.8 Å². The maximum absolute atomic E-state index is 6.40. The van der Waals surface area contributed by atoms with Gasteiger partial charge in [-0.05, 0) is 18.1 Å². The highest BCUT2D eigenvalue weighted by molar-refractivity contribution is 7.99. The Bertz CT molecular complexity index is 364. The topological polar surface area (TPSA) is 26.0 Å². The molecule has 18 heavy (non-hydrogen) atoms. The van der Waals surface area contributed by atoms with E-state index >= 15 is 0 Å². The monoisotopic (exact) mass is 263 g/mol. The lowest BCUT2D eigenvalue weighted by molar-refractivity contribution is 0.494. The first-order valence-electron chi connectivity index (χ1n) is 7.30. The van der Waals surface area contributed by atoms with E-state index in [1.807, 2.05) is 11.8 Å². The molecule has 0 saturated carbocycles. The van der Waals surface area contributed by atoms with Crippen molar-refractivity contribution in [3.05, 3.63) is 29.8 Å². The van der Waals surface area contributed by atoms with Crippen molar-refractivity contribution in [2.45, 2.75) is 62.3 Å². The lowest BCUT2D eigenvalue weighted by Gasteiger charge is -2.19. The lowest BCUT2D eigenvalue weighted by Crippen LogP contribution is -2.28. The van der Waals surface area contributed by atoms with Crippen LogP contribution in [0, 0.1) is 0 Å². The van der Waals surface area contributed by atoms with Crippen molar-refractivity contribution in [3.8, 4) is 0 Å². The molecule has 1 aromatic carbocycles. The third-order valence-corrected chi connectivity index (χ3v) is 5.10. The highest BCUT2D eigenvalue weighted by Gasteiger charge is 2.27. The van der Waals surface area contributed by atoms with Crippen LogP contribution in [0.2, 0.25) is 0 Å². The summed E-state index contributed by atoms with van der Waals surface area (Å²) in [4.78, 5) is 1.45. The number of rotatable bonds is 7. The highest BCUT2D eigenvalue weighted by atomic mass is 32.2. The maximum Gasteiger partial charge on any atom is 0.0116 e. The summed E-state index contributed by atoms with van der Waals surface area (Å²) in [5, 5.41) is 0. The Morgan fingerprint density at radius 2 is 2.00 bits per heavy atom. The zero-order valence-corrected chi connectivity index (χ0v) is 12.2.